The fourth-order valence-corrected chi connectivity index (χ4v) is 7.00. The zero-order valence-electron chi connectivity index (χ0n) is 20.5. The Labute approximate surface area is 219 Å². The number of furan rings is 1. The molecule has 1 saturated heterocycles. The second-order valence-electron chi connectivity index (χ2n) is 10.9. The van der Waals surface area contributed by atoms with Gasteiger partial charge in [-0.25, -0.2) is 0 Å². The van der Waals surface area contributed by atoms with Crippen molar-refractivity contribution < 1.29 is 18.7 Å². The van der Waals surface area contributed by atoms with Crippen LogP contribution in [0, 0.1) is 0 Å². The van der Waals surface area contributed by atoms with Crippen LogP contribution in [0.2, 0.25) is 5.02 Å². The molecule has 1 unspecified atom stereocenters. The Bertz CT molecular complexity index is 1490. The van der Waals surface area contributed by atoms with Crippen molar-refractivity contribution in [1.29, 1.82) is 0 Å². The Morgan fingerprint density at radius 1 is 1.11 bits per heavy atom. The van der Waals surface area contributed by atoms with Crippen LogP contribution in [-0.2, 0) is 5.54 Å². The van der Waals surface area contributed by atoms with E-state index in [-0.39, 0.29) is 29.4 Å². The van der Waals surface area contributed by atoms with Crippen LogP contribution in [-0.4, -0.2) is 35.3 Å². The normalized spacial score (nSPS) is 24.0. The minimum absolute atomic E-state index is 0.0560. The number of nitrogens with zero attached hydrogens (tertiary/aromatic N) is 1. The fourth-order valence-electron chi connectivity index (χ4n) is 6.74. The van der Waals surface area contributed by atoms with E-state index < -0.39 is 5.60 Å². The van der Waals surface area contributed by atoms with Crippen molar-refractivity contribution in [1.82, 2.24) is 10.2 Å². The van der Waals surface area contributed by atoms with Gasteiger partial charge >= 0.3 is 0 Å². The molecular weight excluding hydrogens is 490 g/mol. The molecule has 7 rings (SSSR count). The molecule has 2 spiro atoms. The summed E-state index contributed by atoms with van der Waals surface area (Å²) >= 11 is 6.74. The summed E-state index contributed by atoms with van der Waals surface area (Å²) in [5.41, 5.74) is 2.06. The first-order chi connectivity index (χ1) is 17.9. The predicted molar refractivity (Wildman–Crippen MR) is 141 cm³/mol. The molecule has 190 valence electrons. The summed E-state index contributed by atoms with van der Waals surface area (Å²) in [5.74, 6) is 1.45. The van der Waals surface area contributed by atoms with Gasteiger partial charge in [0.15, 0.2) is 11.5 Å². The van der Waals surface area contributed by atoms with Gasteiger partial charge in [0.1, 0.15) is 16.9 Å². The molecule has 4 aliphatic rings. The molecule has 2 N–H and O–H groups in total. The van der Waals surface area contributed by atoms with Crippen LogP contribution < -0.4 is 15.4 Å². The third kappa shape index (κ3) is 3.47. The largest absolute Gasteiger partial charge is 0.484 e. The van der Waals surface area contributed by atoms with Crippen molar-refractivity contribution in [3.8, 4) is 5.75 Å². The maximum Gasteiger partial charge on any atom is 0.289 e. The van der Waals surface area contributed by atoms with E-state index in [1.165, 1.54) is 6.42 Å². The number of ketones is 1. The molecule has 1 aliphatic carbocycles. The first-order valence-corrected chi connectivity index (χ1v) is 13.4. The maximum absolute atomic E-state index is 13.7. The summed E-state index contributed by atoms with van der Waals surface area (Å²) < 4.78 is 12.7. The van der Waals surface area contributed by atoms with Gasteiger partial charge in [-0.05, 0) is 37.1 Å². The van der Waals surface area contributed by atoms with Crippen molar-refractivity contribution in [2.45, 2.75) is 56.1 Å². The zero-order chi connectivity index (χ0) is 25.4. The molecule has 1 aromatic heterocycles. The molecule has 2 aromatic carbocycles. The van der Waals surface area contributed by atoms with E-state index >= 15 is 0 Å². The number of anilines is 1. The van der Waals surface area contributed by atoms with E-state index in [0.717, 1.165) is 48.1 Å². The molecule has 0 bridgehead atoms. The predicted octanol–water partition coefficient (Wildman–Crippen LogP) is 5.98. The summed E-state index contributed by atoms with van der Waals surface area (Å²) in [7, 11) is 0. The molecule has 3 aliphatic heterocycles. The summed E-state index contributed by atoms with van der Waals surface area (Å²) in [4.78, 5) is 28.2. The number of carbonyl (C=O) groups excluding carboxylic acids is 2. The molecule has 1 atom stereocenters. The quantitative estimate of drug-likeness (QED) is 0.413. The topological polar surface area (TPSA) is 83.8 Å². The van der Waals surface area contributed by atoms with Crippen molar-refractivity contribution in [2.75, 3.05) is 18.4 Å². The molecule has 8 heteroatoms. The Morgan fingerprint density at radius 3 is 2.76 bits per heavy atom. The number of carbonyl (C=O) groups is 2. The number of hydrogen-bond donors (Lipinski definition) is 2. The smallest absolute Gasteiger partial charge is 0.289 e. The lowest BCUT2D eigenvalue weighted by Gasteiger charge is -2.44. The maximum atomic E-state index is 13.7. The Morgan fingerprint density at radius 2 is 1.92 bits per heavy atom. The molecule has 0 radical (unpaired) electrons. The lowest BCUT2D eigenvalue weighted by Crippen LogP contribution is -2.48. The van der Waals surface area contributed by atoms with Crippen LogP contribution in [0.3, 0.4) is 0 Å². The number of likely N-dealkylation sites (tertiary alicyclic amines) is 1. The van der Waals surface area contributed by atoms with E-state index in [1.807, 2.05) is 24.3 Å². The van der Waals surface area contributed by atoms with E-state index in [2.05, 4.69) is 17.2 Å². The average molecular weight is 518 g/mol. The van der Waals surface area contributed by atoms with Gasteiger partial charge in [-0.15, -0.1) is 0 Å². The lowest BCUT2D eigenvalue weighted by atomic mass is 9.74. The number of fused-ring (bicyclic) bond motifs is 5. The summed E-state index contributed by atoms with van der Waals surface area (Å²) in [5, 5.41) is 8.27. The molecule has 1 amide bonds. The summed E-state index contributed by atoms with van der Waals surface area (Å²) in [6.07, 6.45) is 6.13. The van der Waals surface area contributed by atoms with Gasteiger partial charge < -0.3 is 24.7 Å². The highest BCUT2D eigenvalue weighted by Gasteiger charge is 2.48. The Balaban J connectivity index is 1.23. The monoisotopic (exact) mass is 517 g/mol. The van der Waals surface area contributed by atoms with Crippen molar-refractivity contribution >= 4 is 39.9 Å². The number of hydrogen-bond acceptors (Lipinski definition) is 6. The van der Waals surface area contributed by atoms with Gasteiger partial charge in [0.2, 0.25) is 0 Å². The molecular formula is C29H28ClN3O4. The van der Waals surface area contributed by atoms with Crippen LogP contribution in [0.25, 0.3) is 11.0 Å². The molecule has 1 saturated carbocycles. The molecule has 37 heavy (non-hydrogen) atoms. The Hall–Kier alpha value is -3.45. The number of Topliss-reactive ketones (excluding diaryl/α,β-unsaturated/α-hetero) is 1. The van der Waals surface area contributed by atoms with E-state index in [0.29, 0.717) is 41.4 Å². The standard InChI is InChI=1S/C29H28ClN3O4/c1-17-31-25-20(30)13-18-14-23(36-26(18)24(25)29(32-17)9-5-2-6-10-29)27(35)33-12-11-28(16-33)15-21(34)19-7-3-4-8-22(19)37-28/h3-4,7-8,13-14,31-32H,1-2,5-6,9-12,15-16H2. The fraction of sp³-hybridized carbons (Fsp3) is 0.379. The third-order valence-corrected chi connectivity index (χ3v) is 8.72. The lowest BCUT2D eigenvalue weighted by molar-refractivity contribution is 0.0422. The number of nitrogens with one attached hydrogen (secondary N) is 2. The molecule has 2 fully saturated rings. The molecule has 4 heterocycles. The SMILES string of the molecule is C=C1Nc2c(Cl)cc3cc(C(=O)N4CCC5(CC(=O)c6ccccc6O5)C4)oc3c2C2(CCCCC2)N1. The van der Waals surface area contributed by atoms with Crippen LogP contribution in [0.4, 0.5) is 5.69 Å². The highest BCUT2D eigenvalue weighted by molar-refractivity contribution is 6.34. The number of para-hydroxylation sites is 1. The van der Waals surface area contributed by atoms with Crippen LogP contribution >= 0.6 is 11.6 Å². The molecule has 3 aromatic rings. The number of amides is 1. The number of rotatable bonds is 1. The van der Waals surface area contributed by atoms with Gasteiger partial charge in [-0.2, -0.15) is 0 Å². The second kappa shape index (κ2) is 8.02. The first-order valence-electron chi connectivity index (χ1n) is 13.0. The number of benzene rings is 2. The van der Waals surface area contributed by atoms with Crippen molar-refractivity contribution in [2.24, 2.45) is 0 Å². The zero-order valence-corrected chi connectivity index (χ0v) is 21.2. The molecule has 7 nitrogen and oxygen atoms in total. The summed E-state index contributed by atoms with van der Waals surface area (Å²) in [6.45, 7) is 4.96. The van der Waals surface area contributed by atoms with Gasteiger partial charge in [-0.1, -0.05) is 49.6 Å². The van der Waals surface area contributed by atoms with Crippen LogP contribution in [0.15, 0.2) is 53.2 Å². The van der Waals surface area contributed by atoms with Gasteiger partial charge in [0.25, 0.3) is 5.91 Å². The van der Waals surface area contributed by atoms with Gasteiger partial charge in [0.05, 0.1) is 40.6 Å². The number of halogens is 1. The average Bonchev–Trinajstić information content (AvgIpc) is 3.48. The Kier molecular flexibility index (Phi) is 4.93. The van der Waals surface area contributed by atoms with Crippen LogP contribution in [0.1, 0.15) is 71.4 Å². The van der Waals surface area contributed by atoms with Crippen molar-refractivity contribution in [3.05, 3.63) is 70.7 Å². The van der Waals surface area contributed by atoms with Gasteiger partial charge in [0, 0.05) is 23.9 Å². The highest BCUT2D eigenvalue weighted by Crippen LogP contribution is 2.50. The third-order valence-electron chi connectivity index (χ3n) is 8.42. The number of ether oxygens (including phenoxy) is 1. The minimum atomic E-state index is -0.698. The van der Waals surface area contributed by atoms with E-state index in [9.17, 15) is 9.59 Å². The second-order valence-corrected chi connectivity index (χ2v) is 11.3. The highest BCUT2D eigenvalue weighted by atomic mass is 35.5. The van der Waals surface area contributed by atoms with Gasteiger partial charge in [-0.3, -0.25) is 9.59 Å². The van der Waals surface area contributed by atoms with E-state index in [1.54, 1.807) is 17.0 Å². The van der Waals surface area contributed by atoms with Crippen LogP contribution in [0.5, 0.6) is 5.75 Å². The first kappa shape index (κ1) is 22.7. The minimum Gasteiger partial charge on any atom is -0.484 e. The summed E-state index contributed by atoms with van der Waals surface area (Å²) in [6, 6.07) is 11.0. The van der Waals surface area contributed by atoms with Crippen molar-refractivity contribution in [3.63, 3.8) is 0 Å². The van der Waals surface area contributed by atoms with E-state index in [4.69, 9.17) is 20.8 Å².